The van der Waals surface area contributed by atoms with Crippen molar-refractivity contribution in [3.8, 4) is 0 Å². The fourth-order valence-corrected chi connectivity index (χ4v) is 2.40. The molecule has 56 valence electrons. The zero-order chi connectivity index (χ0) is 6.97. The van der Waals surface area contributed by atoms with Crippen molar-refractivity contribution in [2.45, 2.75) is 25.3 Å². The van der Waals surface area contributed by atoms with E-state index in [1.807, 2.05) is 0 Å². The Hall–Kier alpha value is -0.300. The fraction of sp³-hybridized carbons (Fsp3) is 0.778. The maximum atomic E-state index is 3.88. The molecule has 2 saturated heterocycles. The molecule has 0 spiro atoms. The van der Waals surface area contributed by atoms with Gasteiger partial charge in [0.2, 0.25) is 0 Å². The van der Waals surface area contributed by atoms with E-state index in [1.54, 1.807) is 0 Å². The lowest BCUT2D eigenvalue weighted by atomic mass is 9.99. The largest absolute Gasteiger partial charge is 0.300 e. The summed E-state index contributed by atoms with van der Waals surface area (Å²) in [6, 6.07) is 0.873. The number of hydrogen-bond acceptors (Lipinski definition) is 1. The van der Waals surface area contributed by atoms with Gasteiger partial charge in [-0.2, -0.15) is 0 Å². The maximum Gasteiger partial charge on any atom is 0.0159 e. The van der Waals surface area contributed by atoms with Crippen LogP contribution in [0, 0.1) is 5.92 Å². The van der Waals surface area contributed by atoms with Crippen molar-refractivity contribution in [1.82, 2.24) is 4.90 Å². The molecule has 0 aromatic heterocycles. The van der Waals surface area contributed by atoms with Gasteiger partial charge >= 0.3 is 0 Å². The molecule has 0 unspecified atom stereocenters. The van der Waals surface area contributed by atoms with Gasteiger partial charge in [0.15, 0.2) is 0 Å². The molecule has 1 heteroatoms. The van der Waals surface area contributed by atoms with E-state index < -0.39 is 0 Å². The molecule has 2 aliphatic heterocycles. The molecule has 1 nitrogen and oxygen atoms in total. The quantitative estimate of drug-likeness (QED) is 0.497. The molecule has 10 heavy (non-hydrogen) atoms. The van der Waals surface area contributed by atoms with Crippen LogP contribution < -0.4 is 0 Å². The van der Waals surface area contributed by atoms with Crippen molar-refractivity contribution in [1.29, 1.82) is 0 Å². The summed E-state index contributed by atoms with van der Waals surface area (Å²) in [6.07, 6.45) is 6.33. The first-order chi connectivity index (χ1) is 4.92. The lowest BCUT2D eigenvalue weighted by Crippen LogP contribution is -2.24. The van der Waals surface area contributed by atoms with Crippen LogP contribution in [-0.4, -0.2) is 24.0 Å². The molecule has 0 radical (unpaired) electrons. The maximum absolute atomic E-state index is 3.88. The zero-order valence-corrected chi connectivity index (χ0v) is 6.42. The fourth-order valence-electron chi connectivity index (χ4n) is 2.40. The average molecular weight is 137 g/mol. The molecule has 0 aromatic rings. The zero-order valence-electron chi connectivity index (χ0n) is 6.42. The second-order valence-electron chi connectivity index (χ2n) is 3.43. The Morgan fingerprint density at radius 2 is 2.20 bits per heavy atom. The second-order valence-corrected chi connectivity index (χ2v) is 3.43. The number of hydrogen-bond donors (Lipinski definition) is 0. The Labute approximate surface area is 62.7 Å². The van der Waals surface area contributed by atoms with Crippen LogP contribution in [-0.2, 0) is 0 Å². The van der Waals surface area contributed by atoms with E-state index in [2.05, 4.69) is 17.6 Å². The van der Waals surface area contributed by atoms with Crippen LogP contribution in [0.5, 0.6) is 0 Å². The predicted molar refractivity (Wildman–Crippen MR) is 42.9 cm³/mol. The molecule has 0 saturated carbocycles. The molecule has 2 atom stereocenters. The van der Waals surface area contributed by atoms with Crippen molar-refractivity contribution < 1.29 is 0 Å². The number of nitrogens with zero attached hydrogens (tertiary/aromatic N) is 1. The Balaban J connectivity index is 2.07. The average Bonchev–Trinajstić information content (AvgIpc) is 2.44. The van der Waals surface area contributed by atoms with Gasteiger partial charge in [-0.15, -0.1) is 6.58 Å². The molecule has 0 bridgehead atoms. The number of fused-ring (bicyclic) bond motifs is 1. The summed E-state index contributed by atoms with van der Waals surface area (Å²) in [5, 5.41) is 0. The van der Waals surface area contributed by atoms with Gasteiger partial charge in [-0.05, 0) is 38.3 Å². The minimum absolute atomic E-state index is 0.808. The molecule has 0 N–H and O–H groups in total. The third-order valence-corrected chi connectivity index (χ3v) is 2.96. The van der Waals surface area contributed by atoms with Gasteiger partial charge in [0, 0.05) is 6.04 Å². The first-order valence-corrected chi connectivity index (χ1v) is 4.28. The molecule has 2 rings (SSSR count). The van der Waals surface area contributed by atoms with Crippen LogP contribution in [0.2, 0.25) is 0 Å². The highest BCUT2D eigenvalue weighted by Gasteiger charge is 2.34. The second kappa shape index (κ2) is 2.39. The predicted octanol–water partition coefficient (Wildman–Crippen LogP) is 1.66. The van der Waals surface area contributed by atoms with Gasteiger partial charge < -0.3 is 0 Å². The molecular weight excluding hydrogens is 122 g/mol. The molecule has 0 amide bonds. The van der Waals surface area contributed by atoms with Crippen LogP contribution >= 0.6 is 0 Å². The smallest absolute Gasteiger partial charge is 0.0159 e. The van der Waals surface area contributed by atoms with Crippen molar-refractivity contribution in [2.75, 3.05) is 13.1 Å². The van der Waals surface area contributed by atoms with E-state index in [9.17, 15) is 0 Å². The van der Waals surface area contributed by atoms with Crippen molar-refractivity contribution in [3.63, 3.8) is 0 Å². The lowest BCUT2D eigenvalue weighted by molar-refractivity contribution is 0.308. The summed E-state index contributed by atoms with van der Waals surface area (Å²) >= 11 is 0. The van der Waals surface area contributed by atoms with Gasteiger partial charge in [-0.25, -0.2) is 0 Å². The van der Waals surface area contributed by atoms with Crippen LogP contribution in [0.25, 0.3) is 0 Å². The molecule has 2 heterocycles. The van der Waals surface area contributed by atoms with E-state index in [0.29, 0.717) is 0 Å². The normalized spacial score (nSPS) is 40.0. The van der Waals surface area contributed by atoms with Gasteiger partial charge in [-0.1, -0.05) is 6.08 Å². The van der Waals surface area contributed by atoms with Gasteiger partial charge in [0.1, 0.15) is 0 Å². The van der Waals surface area contributed by atoms with Crippen molar-refractivity contribution in [3.05, 3.63) is 12.7 Å². The van der Waals surface area contributed by atoms with Gasteiger partial charge in [0.05, 0.1) is 0 Å². The van der Waals surface area contributed by atoms with Crippen LogP contribution in [0.4, 0.5) is 0 Å². The SMILES string of the molecule is C=C[C@H]1CCN2CCC[C@@H]12. The summed E-state index contributed by atoms with van der Waals surface area (Å²) in [4.78, 5) is 2.62. The summed E-state index contributed by atoms with van der Waals surface area (Å²) < 4.78 is 0. The topological polar surface area (TPSA) is 3.24 Å². The van der Waals surface area contributed by atoms with Crippen LogP contribution in [0.1, 0.15) is 19.3 Å². The van der Waals surface area contributed by atoms with Crippen LogP contribution in [0.15, 0.2) is 12.7 Å². The van der Waals surface area contributed by atoms with E-state index in [0.717, 1.165) is 12.0 Å². The first kappa shape index (κ1) is 6.41. The van der Waals surface area contributed by atoms with Crippen molar-refractivity contribution >= 4 is 0 Å². The summed E-state index contributed by atoms with van der Waals surface area (Å²) in [5.74, 6) is 0.808. The van der Waals surface area contributed by atoms with Gasteiger partial charge in [0.25, 0.3) is 0 Å². The molecule has 2 fully saturated rings. The van der Waals surface area contributed by atoms with E-state index >= 15 is 0 Å². The highest BCUT2D eigenvalue weighted by atomic mass is 15.2. The minimum atomic E-state index is 0.808. The van der Waals surface area contributed by atoms with Crippen molar-refractivity contribution in [2.24, 2.45) is 5.92 Å². The molecule has 2 aliphatic rings. The molecule has 0 aromatic carbocycles. The third-order valence-electron chi connectivity index (χ3n) is 2.96. The van der Waals surface area contributed by atoms with Gasteiger partial charge in [-0.3, -0.25) is 4.90 Å². The number of rotatable bonds is 1. The standard InChI is InChI=1S/C9H15N/c1-2-8-5-7-10-6-3-4-9(8)10/h2,8-9H,1,3-7H2/t8-,9-/m0/s1. The summed E-state index contributed by atoms with van der Waals surface area (Å²) in [6.45, 7) is 6.54. The summed E-state index contributed by atoms with van der Waals surface area (Å²) in [7, 11) is 0. The van der Waals surface area contributed by atoms with E-state index in [4.69, 9.17) is 0 Å². The summed E-state index contributed by atoms with van der Waals surface area (Å²) in [5.41, 5.74) is 0. The molecule has 0 aliphatic carbocycles. The van der Waals surface area contributed by atoms with Crippen LogP contribution in [0.3, 0.4) is 0 Å². The minimum Gasteiger partial charge on any atom is -0.300 e. The Morgan fingerprint density at radius 1 is 1.30 bits per heavy atom. The molecular formula is C9H15N. The van der Waals surface area contributed by atoms with E-state index in [1.165, 1.54) is 32.4 Å². The highest BCUT2D eigenvalue weighted by molar-refractivity contribution is 4.98. The first-order valence-electron chi connectivity index (χ1n) is 4.28. The third kappa shape index (κ3) is 0.807. The Bertz CT molecular complexity index is 142. The van der Waals surface area contributed by atoms with E-state index in [-0.39, 0.29) is 0 Å². The lowest BCUT2D eigenvalue weighted by Gasteiger charge is -2.16. The highest BCUT2D eigenvalue weighted by Crippen LogP contribution is 2.32. The Morgan fingerprint density at radius 3 is 3.00 bits per heavy atom. The Kier molecular flexibility index (Phi) is 1.53. The monoisotopic (exact) mass is 137 g/mol.